The van der Waals surface area contributed by atoms with Crippen molar-refractivity contribution in [3.8, 4) is 11.8 Å². The van der Waals surface area contributed by atoms with Gasteiger partial charge in [-0.15, -0.1) is 11.3 Å². The molecule has 0 bridgehead atoms. The fourth-order valence-electron chi connectivity index (χ4n) is 4.77. The summed E-state index contributed by atoms with van der Waals surface area (Å²) in [6, 6.07) is 1.98. The average molecular weight is 470 g/mol. The Morgan fingerprint density at radius 1 is 1.24 bits per heavy atom. The number of hydrogen-bond acceptors (Lipinski definition) is 5. The molecule has 33 heavy (non-hydrogen) atoms. The first kappa shape index (κ1) is 24.0. The zero-order valence-electron chi connectivity index (χ0n) is 20.5. The van der Waals surface area contributed by atoms with Gasteiger partial charge in [0, 0.05) is 17.4 Å². The summed E-state index contributed by atoms with van der Waals surface area (Å²) < 4.78 is 10.8. The molecule has 4 rings (SSSR count). The second kappa shape index (κ2) is 9.27. The maximum absolute atomic E-state index is 14.0. The van der Waals surface area contributed by atoms with Crippen molar-refractivity contribution in [3.05, 3.63) is 27.5 Å². The Kier molecular flexibility index (Phi) is 6.75. The third-order valence-corrected chi connectivity index (χ3v) is 7.93. The van der Waals surface area contributed by atoms with Crippen molar-refractivity contribution in [3.63, 3.8) is 0 Å². The number of amides is 1. The monoisotopic (exact) mass is 469 g/mol. The van der Waals surface area contributed by atoms with Crippen LogP contribution >= 0.6 is 11.3 Å². The lowest BCUT2D eigenvalue weighted by atomic mass is 9.83. The minimum Gasteiger partial charge on any atom is -0.465 e. The van der Waals surface area contributed by atoms with Crippen LogP contribution in [0, 0.1) is 23.2 Å². The number of rotatable bonds is 4. The number of ether oxygens (including phenoxy) is 2. The number of anilines is 1. The van der Waals surface area contributed by atoms with E-state index in [4.69, 9.17) is 9.47 Å². The Labute approximate surface area is 201 Å². The number of carbonyl (C=O) groups is 2. The summed E-state index contributed by atoms with van der Waals surface area (Å²) in [5.41, 5.74) is 1.90. The van der Waals surface area contributed by atoms with Gasteiger partial charge < -0.3 is 14.4 Å². The summed E-state index contributed by atoms with van der Waals surface area (Å²) in [7, 11) is 1.39. The van der Waals surface area contributed by atoms with Gasteiger partial charge in [0.25, 0.3) is 0 Å². The summed E-state index contributed by atoms with van der Waals surface area (Å²) in [6.45, 7) is 9.13. The van der Waals surface area contributed by atoms with E-state index in [1.165, 1.54) is 24.0 Å². The molecular formula is C27H35NO4S. The van der Waals surface area contributed by atoms with Gasteiger partial charge in [0.05, 0.1) is 29.9 Å². The molecule has 1 spiro atoms. The van der Waals surface area contributed by atoms with Gasteiger partial charge in [0.2, 0.25) is 5.91 Å². The first-order valence-electron chi connectivity index (χ1n) is 12.0. The molecule has 2 aliphatic carbocycles. The van der Waals surface area contributed by atoms with Gasteiger partial charge in [0.15, 0.2) is 0 Å². The molecule has 0 radical (unpaired) electrons. The quantitative estimate of drug-likeness (QED) is 0.245. The maximum Gasteiger partial charge on any atom is 0.350 e. The molecular weight excluding hydrogens is 434 g/mol. The van der Waals surface area contributed by atoms with Crippen LogP contribution in [0.2, 0.25) is 0 Å². The van der Waals surface area contributed by atoms with E-state index in [0.717, 1.165) is 56.4 Å². The molecule has 3 aliphatic rings. The van der Waals surface area contributed by atoms with E-state index >= 15 is 0 Å². The first-order chi connectivity index (χ1) is 15.6. The van der Waals surface area contributed by atoms with Crippen molar-refractivity contribution in [1.29, 1.82) is 0 Å². The van der Waals surface area contributed by atoms with Gasteiger partial charge in [-0.25, -0.2) is 4.79 Å². The molecule has 1 aliphatic heterocycles. The van der Waals surface area contributed by atoms with Gasteiger partial charge in [-0.3, -0.25) is 4.79 Å². The smallest absolute Gasteiger partial charge is 0.350 e. The molecule has 2 heterocycles. The number of hydrogen-bond donors (Lipinski definition) is 0. The number of thiophene rings is 1. The summed E-state index contributed by atoms with van der Waals surface area (Å²) in [6.07, 6.45) is 8.43. The largest absolute Gasteiger partial charge is 0.465 e. The van der Waals surface area contributed by atoms with Crippen LogP contribution in [-0.2, 0) is 14.3 Å². The fraction of sp³-hybridized carbons (Fsp3) is 0.630. The molecule has 0 aromatic carbocycles. The SMILES string of the molecule is COC(=O)c1sc(C#CC(C)(C)C)cc1N(C(=O)C1CC=C(C)CC1)[C@H]1CC[C@@]2(CC1)CO2. The van der Waals surface area contributed by atoms with Gasteiger partial charge >= 0.3 is 5.97 Å². The van der Waals surface area contributed by atoms with Gasteiger partial charge in [0.1, 0.15) is 4.88 Å². The highest BCUT2D eigenvalue weighted by molar-refractivity contribution is 7.15. The first-order valence-corrected chi connectivity index (χ1v) is 12.8. The fourth-order valence-corrected chi connectivity index (χ4v) is 5.69. The Morgan fingerprint density at radius 2 is 1.94 bits per heavy atom. The number of carbonyl (C=O) groups excluding carboxylic acids is 2. The molecule has 1 saturated carbocycles. The molecule has 1 atom stereocenters. The van der Waals surface area contributed by atoms with Crippen LogP contribution in [0.3, 0.4) is 0 Å². The van der Waals surface area contributed by atoms with Crippen LogP contribution in [0.5, 0.6) is 0 Å². The standard InChI is InChI=1S/C27H35NO4S/c1-18-6-8-19(9-7-18)24(29)28(20-10-14-27(15-11-20)17-32-27)22-16-21(12-13-26(2,3)4)33-23(22)25(30)31-5/h6,16,19-20H,7-11,14-15,17H2,1-5H3/t19?,20-,27+. The van der Waals surface area contributed by atoms with Crippen molar-refractivity contribution < 1.29 is 19.1 Å². The van der Waals surface area contributed by atoms with E-state index in [1.54, 1.807) is 0 Å². The van der Waals surface area contributed by atoms with E-state index in [1.807, 2.05) is 11.0 Å². The Bertz CT molecular complexity index is 1010. The maximum atomic E-state index is 14.0. The second-order valence-electron chi connectivity index (χ2n) is 10.7. The third kappa shape index (κ3) is 5.53. The highest BCUT2D eigenvalue weighted by atomic mass is 32.1. The molecule has 1 aromatic rings. The van der Waals surface area contributed by atoms with Crippen LogP contribution in [0.25, 0.3) is 0 Å². The molecule has 6 heteroatoms. The van der Waals surface area contributed by atoms with Crippen LogP contribution < -0.4 is 4.90 Å². The predicted molar refractivity (Wildman–Crippen MR) is 132 cm³/mol. The highest BCUT2D eigenvalue weighted by Gasteiger charge is 2.49. The normalized spacial score (nSPS) is 26.8. The third-order valence-electron chi connectivity index (χ3n) is 6.91. The Balaban J connectivity index is 1.72. The van der Waals surface area contributed by atoms with Crippen molar-refractivity contribution in [2.45, 2.75) is 84.3 Å². The van der Waals surface area contributed by atoms with Crippen LogP contribution in [-0.4, -0.2) is 37.2 Å². The lowest BCUT2D eigenvalue weighted by Crippen LogP contribution is -2.47. The molecule has 0 N–H and O–H groups in total. The van der Waals surface area contributed by atoms with E-state index in [-0.39, 0.29) is 28.9 Å². The summed E-state index contributed by atoms with van der Waals surface area (Å²) in [5.74, 6) is 6.13. The van der Waals surface area contributed by atoms with Crippen molar-refractivity contribution >= 4 is 28.9 Å². The Morgan fingerprint density at radius 3 is 2.48 bits per heavy atom. The highest BCUT2D eigenvalue weighted by Crippen LogP contribution is 2.45. The lowest BCUT2D eigenvalue weighted by molar-refractivity contribution is -0.123. The van der Waals surface area contributed by atoms with Gasteiger partial charge in [-0.2, -0.15) is 0 Å². The molecule has 5 nitrogen and oxygen atoms in total. The lowest BCUT2D eigenvalue weighted by Gasteiger charge is -2.38. The molecule has 2 fully saturated rings. The second-order valence-corrected chi connectivity index (χ2v) is 11.8. The van der Waals surface area contributed by atoms with Gasteiger partial charge in [-0.1, -0.05) is 23.5 Å². The minimum atomic E-state index is -0.409. The topological polar surface area (TPSA) is 59.1 Å². The Hall–Kier alpha value is -2.10. The summed E-state index contributed by atoms with van der Waals surface area (Å²) in [4.78, 5) is 29.9. The zero-order valence-corrected chi connectivity index (χ0v) is 21.3. The van der Waals surface area contributed by atoms with Gasteiger partial charge in [-0.05, 0) is 78.7 Å². The number of methoxy groups -OCH3 is 1. The number of nitrogens with zero attached hydrogens (tertiary/aromatic N) is 1. The predicted octanol–water partition coefficient (Wildman–Crippen LogP) is 5.72. The summed E-state index contributed by atoms with van der Waals surface area (Å²) in [5, 5.41) is 0. The van der Waals surface area contributed by atoms with E-state index in [0.29, 0.717) is 10.6 Å². The molecule has 1 amide bonds. The summed E-state index contributed by atoms with van der Waals surface area (Å²) >= 11 is 1.32. The van der Waals surface area contributed by atoms with E-state index < -0.39 is 5.97 Å². The van der Waals surface area contributed by atoms with Crippen LogP contribution in [0.15, 0.2) is 17.7 Å². The molecule has 178 valence electrons. The zero-order chi connectivity index (χ0) is 23.8. The van der Waals surface area contributed by atoms with Crippen molar-refractivity contribution in [2.75, 3.05) is 18.6 Å². The van der Waals surface area contributed by atoms with E-state index in [2.05, 4.69) is 45.6 Å². The number of esters is 1. The molecule has 1 aromatic heterocycles. The van der Waals surface area contributed by atoms with E-state index in [9.17, 15) is 9.59 Å². The van der Waals surface area contributed by atoms with Crippen molar-refractivity contribution in [2.24, 2.45) is 11.3 Å². The minimum absolute atomic E-state index is 0.0407. The van der Waals surface area contributed by atoms with Crippen LogP contribution in [0.1, 0.15) is 87.2 Å². The van der Waals surface area contributed by atoms with Crippen molar-refractivity contribution in [1.82, 2.24) is 0 Å². The van der Waals surface area contributed by atoms with Crippen LogP contribution in [0.4, 0.5) is 5.69 Å². The molecule has 1 unspecified atom stereocenters. The average Bonchev–Trinajstić information content (AvgIpc) is 3.40. The number of epoxide rings is 1. The number of allylic oxidation sites excluding steroid dienone is 2. The molecule has 1 saturated heterocycles.